The summed E-state index contributed by atoms with van der Waals surface area (Å²) in [6, 6.07) is 9.23. The molecule has 3 aromatic rings. The van der Waals surface area contributed by atoms with Gasteiger partial charge in [-0.2, -0.15) is 0 Å². The third-order valence-corrected chi connectivity index (χ3v) is 5.34. The number of aromatic nitrogens is 3. The first kappa shape index (κ1) is 20.7. The van der Waals surface area contributed by atoms with Crippen LogP contribution in [0.2, 0.25) is 0 Å². The van der Waals surface area contributed by atoms with Crippen molar-refractivity contribution in [3.63, 3.8) is 0 Å². The molecule has 8 heteroatoms. The highest BCUT2D eigenvalue weighted by Crippen LogP contribution is 2.25. The lowest BCUT2D eigenvalue weighted by Crippen LogP contribution is -2.33. The van der Waals surface area contributed by atoms with Crippen molar-refractivity contribution in [2.24, 2.45) is 0 Å². The Morgan fingerprint density at radius 2 is 2.03 bits per heavy atom. The van der Waals surface area contributed by atoms with Crippen LogP contribution in [0.25, 0.3) is 10.6 Å². The molecule has 0 aliphatic carbocycles. The number of thiazole rings is 1. The summed E-state index contributed by atoms with van der Waals surface area (Å²) in [4.78, 5) is 33.1. The first-order chi connectivity index (χ1) is 14.0. The van der Waals surface area contributed by atoms with Gasteiger partial charge in [0.1, 0.15) is 17.3 Å². The summed E-state index contributed by atoms with van der Waals surface area (Å²) in [5.74, 6) is 0.755. The summed E-state index contributed by atoms with van der Waals surface area (Å²) in [5.41, 5.74) is 2.45. The van der Waals surface area contributed by atoms with Crippen LogP contribution in [0.5, 0.6) is 5.75 Å². The third kappa shape index (κ3) is 5.51. The van der Waals surface area contributed by atoms with Crippen molar-refractivity contribution in [2.75, 3.05) is 13.7 Å². The van der Waals surface area contributed by atoms with E-state index in [2.05, 4.69) is 15.3 Å². The first-order valence-corrected chi connectivity index (χ1v) is 10.3. The number of rotatable bonds is 8. The van der Waals surface area contributed by atoms with Crippen LogP contribution in [0, 0.1) is 0 Å². The van der Waals surface area contributed by atoms with Crippen molar-refractivity contribution >= 4 is 17.2 Å². The number of hydrogen-bond acceptors (Lipinski definition) is 6. The molecular weight excluding hydrogens is 388 g/mol. The van der Waals surface area contributed by atoms with Crippen LogP contribution in [0.4, 0.5) is 0 Å². The van der Waals surface area contributed by atoms with E-state index in [1.54, 1.807) is 18.4 Å². The highest BCUT2D eigenvalue weighted by atomic mass is 32.1. The highest BCUT2D eigenvalue weighted by molar-refractivity contribution is 7.13. The van der Waals surface area contributed by atoms with E-state index in [4.69, 9.17) is 4.74 Å². The van der Waals surface area contributed by atoms with Crippen molar-refractivity contribution in [3.8, 4) is 16.3 Å². The maximum Gasteiger partial charge on any atom is 0.254 e. The van der Waals surface area contributed by atoms with E-state index >= 15 is 0 Å². The normalized spacial score (nSPS) is 10.9. The van der Waals surface area contributed by atoms with E-state index in [1.807, 2.05) is 43.5 Å². The van der Waals surface area contributed by atoms with Gasteiger partial charge in [0.05, 0.1) is 24.8 Å². The van der Waals surface area contributed by atoms with Gasteiger partial charge in [0, 0.05) is 30.0 Å². The van der Waals surface area contributed by atoms with E-state index in [-0.39, 0.29) is 23.9 Å². The van der Waals surface area contributed by atoms with Crippen LogP contribution in [0.1, 0.15) is 31.2 Å². The summed E-state index contributed by atoms with van der Waals surface area (Å²) >= 11 is 1.56. The number of ether oxygens (including phenoxy) is 1. The Hall–Kier alpha value is -3.00. The molecule has 1 aromatic carbocycles. The average Bonchev–Trinajstić information content (AvgIpc) is 3.18. The van der Waals surface area contributed by atoms with E-state index < -0.39 is 0 Å². The second-order valence-corrected chi connectivity index (χ2v) is 7.77. The van der Waals surface area contributed by atoms with Gasteiger partial charge in [0.25, 0.3) is 5.56 Å². The SMILES string of the molecule is COc1ccc(-c2nc(CCNC(=O)Cn3cnc(C(C)C)cc3=O)cs2)cc1. The molecule has 0 saturated carbocycles. The predicted molar refractivity (Wildman–Crippen MR) is 113 cm³/mol. The minimum absolute atomic E-state index is 0.0433. The van der Waals surface area contributed by atoms with Crippen molar-refractivity contribution in [1.82, 2.24) is 19.9 Å². The Morgan fingerprint density at radius 3 is 2.69 bits per heavy atom. The van der Waals surface area contributed by atoms with Crippen molar-refractivity contribution in [2.45, 2.75) is 32.7 Å². The van der Waals surface area contributed by atoms with Crippen molar-refractivity contribution < 1.29 is 9.53 Å². The third-order valence-electron chi connectivity index (χ3n) is 4.40. The molecule has 0 aliphatic rings. The minimum Gasteiger partial charge on any atom is -0.497 e. The average molecular weight is 413 g/mol. The van der Waals surface area contributed by atoms with E-state index in [0.29, 0.717) is 13.0 Å². The van der Waals surface area contributed by atoms with Crippen LogP contribution in [0.15, 0.2) is 46.8 Å². The van der Waals surface area contributed by atoms with Gasteiger partial charge in [0.15, 0.2) is 0 Å². The number of hydrogen-bond donors (Lipinski definition) is 1. The number of amides is 1. The van der Waals surface area contributed by atoms with Gasteiger partial charge < -0.3 is 10.1 Å². The molecule has 0 bridgehead atoms. The number of nitrogens with one attached hydrogen (secondary N) is 1. The number of benzene rings is 1. The molecule has 1 N–H and O–H groups in total. The summed E-state index contributed by atoms with van der Waals surface area (Å²) < 4.78 is 6.48. The lowest BCUT2D eigenvalue weighted by Gasteiger charge is -2.08. The van der Waals surface area contributed by atoms with Crippen LogP contribution < -0.4 is 15.6 Å². The standard InChI is InChI=1S/C21H24N4O3S/c1-14(2)18-10-20(27)25(13-23-18)11-19(26)22-9-8-16-12-29-21(24-16)15-4-6-17(28-3)7-5-15/h4-7,10,12-14H,8-9,11H2,1-3H3,(H,22,26). The molecule has 0 fully saturated rings. The molecule has 0 atom stereocenters. The second-order valence-electron chi connectivity index (χ2n) is 6.91. The molecule has 29 heavy (non-hydrogen) atoms. The molecule has 7 nitrogen and oxygen atoms in total. The smallest absolute Gasteiger partial charge is 0.254 e. The first-order valence-electron chi connectivity index (χ1n) is 9.38. The Kier molecular flexibility index (Phi) is 6.77. The molecule has 0 radical (unpaired) electrons. The largest absolute Gasteiger partial charge is 0.497 e. The maximum absolute atomic E-state index is 12.1. The van der Waals surface area contributed by atoms with Gasteiger partial charge in [-0.15, -0.1) is 11.3 Å². The van der Waals surface area contributed by atoms with Crippen LogP contribution in [0.3, 0.4) is 0 Å². The topological polar surface area (TPSA) is 86.1 Å². The molecule has 0 unspecified atom stereocenters. The minimum atomic E-state index is -0.225. The molecular formula is C21H24N4O3S. The lowest BCUT2D eigenvalue weighted by molar-refractivity contribution is -0.121. The molecule has 1 amide bonds. The Balaban J connectivity index is 1.50. The monoisotopic (exact) mass is 412 g/mol. The Labute approximate surface area is 173 Å². The quantitative estimate of drug-likeness (QED) is 0.615. The van der Waals surface area contributed by atoms with Gasteiger partial charge in [0.2, 0.25) is 5.91 Å². The predicted octanol–water partition coefficient (Wildman–Crippen LogP) is 2.86. The number of carbonyl (C=O) groups is 1. The zero-order chi connectivity index (χ0) is 20.8. The molecule has 152 valence electrons. The van der Waals surface area contributed by atoms with Crippen LogP contribution >= 0.6 is 11.3 Å². The van der Waals surface area contributed by atoms with Gasteiger partial charge in [-0.1, -0.05) is 13.8 Å². The van der Waals surface area contributed by atoms with E-state index in [1.165, 1.54) is 17.0 Å². The van der Waals surface area contributed by atoms with Gasteiger partial charge in [-0.25, -0.2) is 9.97 Å². The van der Waals surface area contributed by atoms with Gasteiger partial charge >= 0.3 is 0 Å². The fraction of sp³-hybridized carbons (Fsp3) is 0.333. The maximum atomic E-state index is 12.1. The molecule has 3 rings (SSSR count). The van der Waals surface area contributed by atoms with Crippen LogP contribution in [-0.2, 0) is 17.8 Å². The van der Waals surface area contributed by atoms with Crippen molar-refractivity contribution in [3.05, 3.63) is 63.8 Å². The zero-order valence-corrected chi connectivity index (χ0v) is 17.5. The molecule has 2 aromatic heterocycles. The van der Waals surface area contributed by atoms with Crippen molar-refractivity contribution in [1.29, 1.82) is 0 Å². The van der Waals surface area contributed by atoms with Gasteiger partial charge in [-0.3, -0.25) is 14.2 Å². The fourth-order valence-electron chi connectivity index (χ4n) is 2.70. The Morgan fingerprint density at radius 1 is 1.28 bits per heavy atom. The molecule has 2 heterocycles. The second kappa shape index (κ2) is 9.47. The number of nitrogens with zero attached hydrogens (tertiary/aromatic N) is 3. The molecule has 0 aliphatic heterocycles. The lowest BCUT2D eigenvalue weighted by atomic mass is 10.1. The van der Waals surface area contributed by atoms with Crippen LogP contribution in [-0.4, -0.2) is 34.1 Å². The molecule has 0 spiro atoms. The van der Waals surface area contributed by atoms with Gasteiger partial charge in [-0.05, 0) is 30.2 Å². The fourth-order valence-corrected chi connectivity index (χ4v) is 3.56. The number of methoxy groups -OCH3 is 1. The summed E-state index contributed by atoms with van der Waals surface area (Å²) in [6.45, 7) is 4.35. The van der Waals surface area contributed by atoms with E-state index in [9.17, 15) is 9.59 Å². The summed E-state index contributed by atoms with van der Waals surface area (Å²) in [5, 5.41) is 5.75. The Bertz CT molecular complexity index is 1020. The molecule has 0 saturated heterocycles. The van der Waals surface area contributed by atoms with E-state index in [0.717, 1.165) is 27.7 Å². The highest BCUT2D eigenvalue weighted by Gasteiger charge is 2.09. The summed E-state index contributed by atoms with van der Waals surface area (Å²) in [6.07, 6.45) is 2.05. The summed E-state index contributed by atoms with van der Waals surface area (Å²) in [7, 11) is 1.64. The zero-order valence-electron chi connectivity index (χ0n) is 16.7. The number of carbonyl (C=O) groups excluding carboxylic acids is 1.